The van der Waals surface area contributed by atoms with Crippen molar-refractivity contribution in [1.82, 2.24) is 9.88 Å². The maximum Gasteiger partial charge on any atom is 0.410 e. The zero-order valence-electron chi connectivity index (χ0n) is 17.5. The number of pyridine rings is 1. The van der Waals surface area contributed by atoms with Gasteiger partial charge in [0.15, 0.2) is 0 Å². The van der Waals surface area contributed by atoms with Crippen molar-refractivity contribution >= 4 is 17.7 Å². The first kappa shape index (κ1) is 22.8. The molecule has 1 amide bonds. The molecule has 3 rings (SSSR count). The maximum absolute atomic E-state index is 14.1. The Morgan fingerprint density at radius 3 is 2.84 bits per heavy atom. The molecule has 1 aliphatic heterocycles. The van der Waals surface area contributed by atoms with Crippen molar-refractivity contribution in [2.45, 2.75) is 38.6 Å². The highest BCUT2D eigenvalue weighted by atomic mass is 35.5. The van der Waals surface area contributed by atoms with Gasteiger partial charge in [0.2, 0.25) is 5.88 Å². The van der Waals surface area contributed by atoms with Gasteiger partial charge in [0.1, 0.15) is 35.3 Å². The van der Waals surface area contributed by atoms with E-state index in [2.05, 4.69) is 4.98 Å². The minimum atomic E-state index is -0.780. The van der Waals surface area contributed by atoms with E-state index in [-0.39, 0.29) is 36.2 Å². The van der Waals surface area contributed by atoms with Gasteiger partial charge in [0.05, 0.1) is 18.2 Å². The van der Waals surface area contributed by atoms with Crippen LogP contribution in [0.4, 0.5) is 9.18 Å². The molecule has 7 nitrogen and oxygen atoms in total. The molecule has 1 aromatic carbocycles. The summed E-state index contributed by atoms with van der Waals surface area (Å²) in [5.41, 5.74) is 0.0536. The van der Waals surface area contributed by atoms with E-state index in [1.807, 2.05) is 6.07 Å². The summed E-state index contributed by atoms with van der Waals surface area (Å²) in [6, 6.07) is 9.56. The van der Waals surface area contributed by atoms with Gasteiger partial charge in [-0.3, -0.25) is 0 Å². The number of rotatable bonds is 3. The normalized spacial score (nSPS) is 19.3. The second-order valence-corrected chi connectivity index (χ2v) is 8.42. The van der Waals surface area contributed by atoms with Crippen LogP contribution in [0.5, 0.6) is 5.88 Å². The molecule has 1 saturated heterocycles. The molecule has 0 spiro atoms. The first-order valence-corrected chi connectivity index (χ1v) is 10.1. The Bertz CT molecular complexity index is 989. The number of carbonyl (C=O) groups is 1. The first-order valence-electron chi connectivity index (χ1n) is 9.74. The van der Waals surface area contributed by atoms with E-state index in [1.54, 1.807) is 39.0 Å². The van der Waals surface area contributed by atoms with Crippen LogP contribution in [0.1, 0.15) is 38.0 Å². The van der Waals surface area contributed by atoms with Crippen molar-refractivity contribution in [2.24, 2.45) is 0 Å². The highest BCUT2D eigenvalue weighted by Crippen LogP contribution is 2.31. The average molecular weight is 448 g/mol. The molecule has 1 aromatic heterocycles. The van der Waals surface area contributed by atoms with Crippen molar-refractivity contribution in [3.8, 4) is 11.9 Å². The van der Waals surface area contributed by atoms with E-state index >= 15 is 0 Å². The van der Waals surface area contributed by atoms with E-state index in [0.29, 0.717) is 5.56 Å². The van der Waals surface area contributed by atoms with Gasteiger partial charge < -0.3 is 19.1 Å². The number of ether oxygens (including phenoxy) is 3. The minimum absolute atomic E-state index is 0.0123. The summed E-state index contributed by atoms with van der Waals surface area (Å²) in [6.07, 6.45) is -0.532. The van der Waals surface area contributed by atoms with Crippen LogP contribution in [0.3, 0.4) is 0 Å². The van der Waals surface area contributed by atoms with Crippen molar-refractivity contribution in [3.63, 3.8) is 0 Å². The van der Waals surface area contributed by atoms with Crippen LogP contribution >= 0.6 is 11.6 Å². The highest BCUT2D eigenvalue weighted by Gasteiger charge is 2.35. The predicted octanol–water partition coefficient (Wildman–Crippen LogP) is 4.50. The van der Waals surface area contributed by atoms with Gasteiger partial charge in [-0.25, -0.2) is 14.2 Å². The molecular formula is C22H23ClFN3O4. The first-order chi connectivity index (χ1) is 14.7. The van der Waals surface area contributed by atoms with Crippen LogP contribution < -0.4 is 4.74 Å². The quantitative estimate of drug-likeness (QED) is 0.688. The molecule has 2 atom stereocenters. The number of hydrogen-bond acceptors (Lipinski definition) is 6. The molecule has 0 bridgehead atoms. The molecule has 0 saturated carbocycles. The Morgan fingerprint density at radius 1 is 1.39 bits per heavy atom. The monoisotopic (exact) mass is 447 g/mol. The molecule has 9 heteroatoms. The third kappa shape index (κ3) is 5.84. The van der Waals surface area contributed by atoms with E-state index in [9.17, 15) is 14.4 Å². The van der Waals surface area contributed by atoms with Crippen molar-refractivity contribution in [3.05, 3.63) is 58.5 Å². The number of halogens is 2. The lowest BCUT2D eigenvalue weighted by Gasteiger charge is -2.30. The van der Waals surface area contributed by atoms with Gasteiger partial charge in [-0.1, -0.05) is 17.7 Å². The van der Waals surface area contributed by atoms with Gasteiger partial charge in [0.25, 0.3) is 0 Å². The lowest BCUT2D eigenvalue weighted by Crippen LogP contribution is -2.43. The number of benzene rings is 1. The van der Waals surface area contributed by atoms with Crippen molar-refractivity contribution in [2.75, 3.05) is 19.7 Å². The summed E-state index contributed by atoms with van der Waals surface area (Å²) in [5.74, 6) is -0.491. The Hall–Kier alpha value is -2.89. The molecule has 164 valence electrons. The van der Waals surface area contributed by atoms with Gasteiger partial charge in [-0.05, 0) is 50.6 Å². The summed E-state index contributed by atoms with van der Waals surface area (Å²) in [7, 11) is 0. The van der Waals surface area contributed by atoms with Crippen molar-refractivity contribution < 1.29 is 23.4 Å². The van der Waals surface area contributed by atoms with Crippen LogP contribution in [0, 0.1) is 17.1 Å². The molecule has 0 N–H and O–H groups in total. The number of carbonyl (C=O) groups excluding carboxylic acids is 1. The van der Waals surface area contributed by atoms with E-state index in [0.717, 1.165) is 0 Å². The molecular weight excluding hydrogens is 425 g/mol. The van der Waals surface area contributed by atoms with Gasteiger partial charge in [0, 0.05) is 12.7 Å². The van der Waals surface area contributed by atoms with Crippen LogP contribution in [-0.4, -0.2) is 47.4 Å². The Balaban J connectivity index is 1.94. The molecule has 0 unspecified atom stereocenters. The third-order valence-corrected chi connectivity index (χ3v) is 4.78. The predicted molar refractivity (Wildman–Crippen MR) is 111 cm³/mol. The van der Waals surface area contributed by atoms with Gasteiger partial charge >= 0.3 is 6.09 Å². The Morgan fingerprint density at radius 2 is 2.16 bits per heavy atom. The lowest BCUT2D eigenvalue weighted by molar-refractivity contribution is -0.0123. The van der Waals surface area contributed by atoms with Crippen LogP contribution in [0.25, 0.3) is 0 Å². The molecule has 1 fully saturated rings. The van der Waals surface area contributed by atoms with E-state index < -0.39 is 29.7 Å². The number of hydrogen-bond donors (Lipinski definition) is 0. The SMILES string of the molecule is CC(C)(C)OC(=O)N1CCO[C@@H](c2ccc(Cl)c(F)c2)[C@H](Oc2ncccc2C#N)C1. The molecule has 1 aliphatic rings. The largest absolute Gasteiger partial charge is 0.468 e. The fraction of sp³-hybridized carbons (Fsp3) is 0.409. The number of nitrogens with zero attached hydrogens (tertiary/aromatic N) is 3. The zero-order valence-corrected chi connectivity index (χ0v) is 18.2. The Labute approximate surface area is 185 Å². The molecule has 2 heterocycles. The zero-order chi connectivity index (χ0) is 22.6. The molecule has 0 radical (unpaired) electrons. The fourth-order valence-corrected chi connectivity index (χ4v) is 3.22. The molecule has 0 aliphatic carbocycles. The van der Waals surface area contributed by atoms with E-state index in [4.69, 9.17) is 25.8 Å². The minimum Gasteiger partial charge on any atom is -0.468 e. The smallest absolute Gasteiger partial charge is 0.410 e. The fourth-order valence-electron chi connectivity index (χ4n) is 3.11. The standard InChI is InChI=1S/C22H23ClFN3O4/c1-22(2,3)31-21(28)27-9-10-29-19(14-6-7-16(23)17(24)11-14)18(13-27)30-20-15(12-25)5-4-8-26-20/h4-8,11,18-19H,9-10,13H2,1-3H3/t18-,19+/m1/s1. The summed E-state index contributed by atoms with van der Waals surface area (Å²) < 4.78 is 31.6. The van der Waals surface area contributed by atoms with Gasteiger partial charge in [-0.2, -0.15) is 5.26 Å². The lowest BCUT2D eigenvalue weighted by atomic mass is 10.0. The van der Waals surface area contributed by atoms with Crippen LogP contribution in [-0.2, 0) is 9.47 Å². The highest BCUT2D eigenvalue weighted by molar-refractivity contribution is 6.30. The van der Waals surface area contributed by atoms with Crippen molar-refractivity contribution in [1.29, 1.82) is 5.26 Å². The summed E-state index contributed by atoms with van der Waals surface area (Å²) in [4.78, 5) is 18.3. The van der Waals surface area contributed by atoms with Crippen LogP contribution in [0.2, 0.25) is 5.02 Å². The van der Waals surface area contributed by atoms with Gasteiger partial charge in [-0.15, -0.1) is 0 Å². The summed E-state index contributed by atoms with van der Waals surface area (Å²) in [5, 5.41) is 9.36. The average Bonchev–Trinajstić information content (AvgIpc) is 2.92. The maximum atomic E-state index is 14.1. The third-order valence-electron chi connectivity index (χ3n) is 4.48. The second-order valence-electron chi connectivity index (χ2n) is 8.02. The summed E-state index contributed by atoms with van der Waals surface area (Å²) >= 11 is 5.82. The topological polar surface area (TPSA) is 84.7 Å². The number of amides is 1. The molecule has 2 aromatic rings. The summed E-state index contributed by atoms with van der Waals surface area (Å²) in [6.45, 7) is 5.86. The molecule has 31 heavy (non-hydrogen) atoms. The number of aromatic nitrogens is 1. The second kappa shape index (κ2) is 9.50. The van der Waals surface area contributed by atoms with E-state index in [1.165, 1.54) is 23.2 Å². The Kier molecular flexibility index (Phi) is 6.98. The number of nitriles is 1. The van der Waals surface area contributed by atoms with Crippen LogP contribution in [0.15, 0.2) is 36.5 Å².